The van der Waals surface area contributed by atoms with Crippen molar-refractivity contribution < 1.29 is 9.59 Å². The number of rotatable bonds is 4. The minimum absolute atomic E-state index is 0.128. The van der Waals surface area contributed by atoms with Crippen molar-refractivity contribution in [3.8, 4) is 0 Å². The second-order valence-corrected chi connectivity index (χ2v) is 9.35. The standard InChI is InChI=1S/C21H24N2O2S2/c1-15-4-2-5-17(12-15)21-23(19(24)14-27-21)13-16-7-9-22(10-8-16)20(25)18-6-3-11-26-18/h2-6,11-12,16,21H,7-10,13-14H2,1H3/t21-/m0/s1. The van der Waals surface area contributed by atoms with Gasteiger partial charge >= 0.3 is 0 Å². The Balaban J connectivity index is 1.37. The summed E-state index contributed by atoms with van der Waals surface area (Å²) in [5.41, 5.74) is 2.45. The molecule has 1 aromatic carbocycles. The normalized spacial score (nSPS) is 21.1. The van der Waals surface area contributed by atoms with E-state index in [1.807, 2.05) is 22.4 Å². The molecule has 4 rings (SSSR count). The molecule has 3 heterocycles. The van der Waals surface area contributed by atoms with Gasteiger partial charge in [-0.05, 0) is 42.7 Å². The van der Waals surface area contributed by atoms with Gasteiger partial charge in [-0.1, -0.05) is 35.9 Å². The summed E-state index contributed by atoms with van der Waals surface area (Å²) in [6.45, 7) is 4.46. The predicted molar refractivity (Wildman–Crippen MR) is 111 cm³/mol. The van der Waals surface area contributed by atoms with Gasteiger partial charge < -0.3 is 9.80 Å². The number of carbonyl (C=O) groups excluding carboxylic acids is 2. The van der Waals surface area contributed by atoms with Gasteiger partial charge in [0.1, 0.15) is 5.37 Å². The maximum Gasteiger partial charge on any atom is 0.263 e. The number of benzene rings is 1. The smallest absolute Gasteiger partial charge is 0.263 e. The molecule has 4 nitrogen and oxygen atoms in total. The van der Waals surface area contributed by atoms with E-state index < -0.39 is 0 Å². The highest BCUT2D eigenvalue weighted by atomic mass is 32.2. The number of aryl methyl sites for hydroxylation is 1. The molecule has 0 spiro atoms. The third kappa shape index (κ3) is 4.06. The summed E-state index contributed by atoms with van der Waals surface area (Å²) in [5.74, 6) is 1.42. The van der Waals surface area contributed by atoms with Gasteiger partial charge in [-0.25, -0.2) is 0 Å². The van der Waals surface area contributed by atoms with Crippen LogP contribution in [0.5, 0.6) is 0 Å². The lowest BCUT2D eigenvalue weighted by Crippen LogP contribution is -2.42. The third-order valence-electron chi connectivity index (χ3n) is 5.38. The van der Waals surface area contributed by atoms with Gasteiger partial charge in [0, 0.05) is 19.6 Å². The number of hydrogen-bond donors (Lipinski definition) is 0. The number of piperidine rings is 1. The molecule has 0 radical (unpaired) electrons. The molecule has 0 unspecified atom stereocenters. The summed E-state index contributed by atoms with van der Waals surface area (Å²) in [5, 5.41) is 2.07. The molecule has 1 aromatic heterocycles. The number of nitrogens with zero attached hydrogens (tertiary/aromatic N) is 2. The first-order chi connectivity index (χ1) is 13.1. The van der Waals surface area contributed by atoms with Crippen molar-refractivity contribution in [3.63, 3.8) is 0 Å². The highest BCUT2D eigenvalue weighted by Crippen LogP contribution is 2.40. The van der Waals surface area contributed by atoms with Gasteiger partial charge in [0.2, 0.25) is 5.91 Å². The summed E-state index contributed by atoms with van der Waals surface area (Å²) in [6.07, 6.45) is 1.93. The maximum atomic E-state index is 12.5. The van der Waals surface area contributed by atoms with Crippen LogP contribution in [-0.2, 0) is 4.79 Å². The van der Waals surface area contributed by atoms with Crippen LogP contribution >= 0.6 is 23.1 Å². The lowest BCUT2D eigenvalue weighted by molar-refractivity contribution is -0.128. The van der Waals surface area contributed by atoms with Gasteiger partial charge in [-0.15, -0.1) is 23.1 Å². The zero-order valence-electron chi connectivity index (χ0n) is 15.5. The average Bonchev–Trinajstić information content (AvgIpc) is 3.33. The Morgan fingerprint density at radius 2 is 2.00 bits per heavy atom. The molecule has 1 atom stereocenters. The molecule has 2 aliphatic rings. The Bertz CT molecular complexity index is 813. The molecule has 6 heteroatoms. The van der Waals surface area contributed by atoms with E-state index in [2.05, 4.69) is 36.1 Å². The summed E-state index contributed by atoms with van der Waals surface area (Å²) in [4.78, 5) is 29.8. The minimum Gasteiger partial charge on any atom is -0.338 e. The number of amides is 2. The molecule has 0 aliphatic carbocycles. The number of carbonyl (C=O) groups is 2. The van der Waals surface area contributed by atoms with E-state index in [9.17, 15) is 9.59 Å². The van der Waals surface area contributed by atoms with Crippen molar-refractivity contribution in [2.45, 2.75) is 25.1 Å². The molecule has 0 saturated carbocycles. The topological polar surface area (TPSA) is 40.6 Å². The van der Waals surface area contributed by atoms with Crippen LogP contribution in [0.4, 0.5) is 0 Å². The van der Waals surface area contributed by atoms with E-state index in [1.54, 1.807) is 11.8 Å². The van der Waals surface area contributed by atoms with Gasteiger partial charge in [-0.3, -0.25) is 9.59 Å². The number of thioether (sulfide) groups is 1. The molecule has 2 fully saturated rings. The van der Waals surface area contributed by atoms with Crippen LogP contribution in [-0.4, -0.2) is 47.0 Å². The Morgan fingerprint density at radius 3 is 2.70 bits per heavy atom. The molecule has 2 saturated heterocycles. The van der Waals surface area contributed by atoms with E-state index in [-0.39, 0.29) is 17.2 Å². The third-order valence-corrected chi connectivity index (χ3v) is 7.50. The summed E-state index contributed by atoms with van der Waals surface area (Å²) >= 11 is 3.23. The van der Waals surface area contributed by atoms with Crippen LogP contribution in [0, 0.1) is 12.8 Å². The Hall–Kier alpha value is -1.79. The second kappa shape index (κ2) is 8.07. The van der Waals surface area contributed by atoms with Crippen LogP contribution in [0.15, 0.2) is 41.8 Å². The first-order valence-corrected chi connectivity index (χ1v) is 11.3. The summed E-state index contributed by atoms with van der Waals surface area (Å²) < 4.78 is 0. The molecule has 2 aliphatic heterocycles. The number of hydrogen-bond acceptors (Lipinski definition) is 4. The van der Waals surface area contributed by atoms with Gasteiger partial charge in [-0.2, -0.15) is 0 Å². The highest BCUT2D eigenvalue weighted by molar-refractivity contribution is 8.00. The van der Waals surface area contributed by atoms with Crippen LogP contribution in [0.2, 0.25) is 0 Å². The van der Waals surface area contributed by atoms with Crippen molar-refractivity contribution in [1.29, 1.82) is 0 Å². The Kier molecular flexibility index (Phi) is 5.55. The lowest BCUT2D eigenvalue weighted by Gasteiger charge is -2.35. The molecule has 0 N–H and O–H groups in total. The molecule has 27 heavy (non-hydrogen) atoms. The average molecular weight is 401 g/mol. The molecule has 2 aromatic rings. The Labute approximate surface area is 168 Å². The van der Waals surface area contributed by atoms with Crippen LogP contribution < -0.4 is 0 Å². The van der Waals surface area contributed by atoms with Gasteiger partial charge in [0.05, 0.1) is 10.6 Å². The van der Waals surface area contributed by atoms with Crippen LogP contribution in [0.3, 0.4) is 0 Å². The summed E-state index contributed by atoms with van der Waals surface area (Å²) in [6, 6.07) is 12.3. The van der Waals surface area contributed by atoms with Gasteiger partial charge in [0.15, 0.2) is 0 Å². The van der Waals surface area contributed by atoms with E-state index in [0.717, 1.165) is 37.4 Å². The second-order valence-electron chi connectivity index (χ2n) is 7.34. The van der Waals surface area contributed by atoms with Crippen molar-refractivity contribution in [2.24, 2.45) is 5.92 Å². The maximum absolute atomic E-state index is 12.5. The molecule has 2 amide bonds. The SMILES string of the molecule is Cc1cccc([C@@H]2SCC(=O)N2CC2CCN(C(=O)c3cccs3)CC2)c1. The predicted octanol–water partition coefficient (Wildman–Crippen LogP) is 4.18. The molecule has 142 valence electrons. The first kappa shape index (κ1) is 18.6. The number of likely N-dealkylation sites (tertiary alicyclic amines) is 1. The number of thiophene rings is 1. The highest BCUT2D eigenvalue weighted by Gasteiger charge is 2.35. The quantitative estimate of drug-likeness (QED) is 0.773. The van der Waals surface area contributed by atoms with E-state index in [0.29, 0.717) is 11.7 Å². The van der Waals surface area contributed by atoms with E-state index in [1.165, 1.54) is 22.5 Å². The molecular weight excluding hydrogens is 376 g/mol. The van der Waals surface area contributed by atoms with Crippen molar-refractivity contribution in [1.82, 2.24) is 9.80 Å². The fourth-order valence-electron chi connectivity index (χ4n) is 3.90. The van der Waals surface area contributed by atoms with Crippen molar-refractivity contribution in [2.75, 3.05) is 25.4 Å². The fourth-order valence-corrected chi connectivity index (χ4v) is 5.78. The monoisotopic (exact) mass is 400 g/mol. The zero-order valence-corrected chi connectivity index (χ0v) is 17.1. The van der Waals surface area contributed by atoms with Crippen molar-refractivity contribution in [3.05, 3.63) is 57.8 Å². The van der Waals surface area contributed by atoms with Crippen molar-refractivity contribution >= 4 is 34.9 Å². The van der Waals surface area contributed by atoms with Crippen LogP contribution in [0.1, 0.15) is 39.0 Å². The van der Waals surface area contributed by atoms with Gasteiger partial charge in [0.25, 0.3) is 5.91 Å². The summed E-state index contributed by atoms with van der Waals surface area (Å²) in [7, 11) is 0. The van der Waals surface area contributed by atoms with E-state index in [4.69, 9.17) is 0 Å². The largest absolute Gasteiger partial charge is 0.338 e. The first-order valence-electron chi connectivity index (χ1n) is 9.42. The Morgan fingerprint density at radius 1 is 1.19 bits per heavy atom. The van der Waals surface area contributed by atoms with Crippen LogP contribution in [0.25, 0.3) is 0 Å². The molecule has 0 bridgehead atoms. The zero-order chi connectivity index (χ0) is 18.8. The fraction of sp³-hybridized carbons (Fsp3) is 0.429. The van der Waals surface area contributed by atoms with E-state index >= 15 is 0 Å². The molecular formula is C21H24N2O2S2. The lowest BCUT2D eigenvalue weighted by atomic mass is 9.95. The minimum atomic E-state index is 0.128.